The van der Waals surface area contributed by atoms with Crippen LogP contribution in [-0.4, -0.2) is 0 Å². The van der Waals surface area contributed by atoms with Crippen molar-refractivity contribution in [2.45, 2.75) is 48.9 Å². The van der Waals surface area contributed by atoms with Crippen LogP contribution in [0.2, 0.25) is 0 Å². The van der Waals surface area contributed by atoms with E-state index in [-0.39, 0.29) is 0 Å². The first-order valence-electron chi connectivity index (χ1n) is 27.6. The molecule has 2 unspecified atom stereocenters. The van der Waals surface area contributed by atoms with Crippen molar-refractivity contribution in [2.75, 3.05) is 4.90 Å². The molecule has 0 aromatic heterocycles. The van der Waals surface area contributed by atoms with Crippen molar-refractivity contribution in [2.24, 2.45) is 23.7 Å². The van der Waals surface area contributed by atoms with Gasteiger partial charge in [-0.15, -0.1) is 0 Å². The van der Waals surface area contributed by atoms with Crippen LogP contribution in [0.15, 0.2) is 255 Å². The summed E-state index contributed by atoms with van der Waals surface area (Å²) in [6.45, 7) is 0. The first-order chi connectivity index (χ1) is 37.1. The fourth-order valence-corrected chi connectivity index (χ4v) is 16.4. The lowest BCUT2D eigenvalue weighted by atomic mass is 9.51. The fraction of sp³-hybridized carbons (Fsp3) is 0.162. The molecule has 17 rings (SSSR count). The fourth-order valence-electron chi connectivity index (χ4n) is 16.4. The summed E-state index contributed by atoms with van der Waals surface area (Å²) in [5.41, 5.74) is 19.4. The molecule has 4 fully saturated rings. The van der Waals surface area contributed by atoms with Gasteiger partial charge in [-0.3, -0.25) is 0 Å². The maximum absolute atomic E-state index is 2.58. The summed E-state index contributed by atoms with van der Waals surface area (Å²) in [7, 11) is 0. The number of hydrogen-bond acceptors (Lipinski definition) is 1. The minimum Gasteiger partial charge on any atom is -0.310 e. The Hall–Kier alpha value is -8.26. The van der Waals surface area contributed by atoms with Gasteiger partial charge in [0.1, 0.15) is 0 Å². The third-order valence-electron chi connectivity index (χ3n) is 19.1. The highest BCUT2D eigenvalue weighted by Crippen LogP contribution is 2.62. The van der Waals surface area contributed by atoms with E-state index in [9.17, 15) is 0 Å². The second kappa shape index (κ2) is 16.6. The number of benzene rings is 11. The SMILES string of the molecule is c1ccc(C2(c3ccc4ccccc4c3)c3ccccc3-c3ccc(N(c4ccc(C5C6CC7CC(C6)CC5C7)cc4)c4ccc5c(c4)C(c4ccccc4)(c4ccc6ccccc6c4)c4ccccc4-5)cc32)cc1. The normalized spacial score (nSPS) is 23.4. The van der Waals surface area contributed by atoms with Crippen molar-refractivity contribution in [3.8, 4) is 22.3 Å². The summed E-state index contributed by atoms with van der Waals surface area (Å²) >= 11 is 0. The van der Waals surface area contributed by atoms with Crippen LogP contribution in [0.4, 0.5) is 17.1 Å². The van der Waals surface area contributed by atoms with Crippen LogP contribution >= 0.6 is 0 Å². The average Bonchev–Trinajstić information content (AvgIpc) is 4.08. The minimum atomic E-state index is -0.569. The summed E-state index contributed by atoms with van der Waals surface area (Å²) in [5, 5.41) is 5.01. The molecule has 1 heteroatoms. The van der Waals surface area contributed by atoms with Crippen LogP contribution in [0.5, 0.6) is 0 Å². The minimum absolute atomic E-state index is 0.569. The Morgan fingerprint density at radius 1 is 0.280 bits per heavy atom. The lowest BCUT2D eigenvalue weighted by molar-refractivity contribution is -0.00277. The van der Waals surface area contributed by atoms with E-state index in [4.69, 9.17) is 0 Å². The number of rotatable bonds is 8. The predicted octanol–water partition coefficient (Wildman–Crippen LogP) is 18.7. The molecule has 11 aromatic carbocycles. The molecule has 2 atom stereocenters. The van der Waals surface area contributed by atoms with Crippen LogP contribution in [0, 0.1) is 23.7 Å². The van der Waals surface area contributed by atoms with Crippen LogP contribution in [0.1, 0.15) is 88.1 Å². The molecule has 0 aliphatic heterocycles. The molecule has 0 amide bonds. The molecule has 0 spiro atoms. The molecule has 4 bridgehead atoms. The Kier molecular flexibility index (Phi) is 9.57. The maximum Gasteiger partial charge on any atom is 0.0714 e. The largest absolute Gasteiger partial charge is 0.310 e. The van der Waals surface area contributed by atoms with Crippen molar-refractivity contribution in [1.82, 2.24) is 0 Å². The first kappa shape index (κ1) is 43.2. The van der Waals surface area contributed by atoms with Gasteiger partial charge < -0.3 is 4.90 Å². The van der Waals surface area contributed by atoms with Crippen molar-refractivity contribution in [3.63, 3.8) is 0 Å². The summed E-state index contributed by atoms with van der Waals surface area (Å²) < 4.78 is 0. The van der Waals surface area contributed by atoms with Gasteiger partial charge in [-0.05, 0) is 204 Å². The van der Waals surface area contributed by atoms with Gasteiger partial charge >= 0.3 is 0 Å². The maximum atomic E-state index is 2.58. The molecular formula is C74H57N. The molecule has 11 aromatic rings. The smallest absolute Gasteiger partial charge is 0.0714 e. The number of nitrogens with zero attached hydrogens (tertiary/aromatic N) is 1. The molecule has 4 saturated carbocycles. The van der Waals surface area contributed by atoms with E-state index in [1.165, 1.54) is 126 Å². The Bertz CT molecular complexity index is 3790. The number of anilines is 3. The van der Waals surface area contributed by atoms with Crippen LogP contribution in [-0.2, 0) is 10.8 Å². The zero-order valence-corrected chi connectivity index (χ0v) is 42.1. The van der Waals surface area contributed by atoms with E-state index in [2.05, 4.69) is 260 Å². The third-order valence-corrected chi connectivity index (χ3v) is 19.1. The van der Waals surface area contributed by atoms with E-state index in [1.807, 2.05) is 0 Å². The van der Waals surface area contributed by atoms with Crippen LogP contribution in [0.25, 0.3) is 43.8 Å². The lowest BCUT2D eigenvalue weighted by Crippen LogP contribution is -2.43. The predicted molar refractivity (Wildman–Crippen MR) is 311 cm³/mol. The first-order valence-corrected chi connectivity index (χ1v) is 27.6. The zero-order chi connectivity index (χ0) is 49.2. The van der Waals surface area contributed by atoms with E-state index in [0.717, 1.165) is 35.0 Å². The highest BCUT2D eigenvalue weighted by molar-refractivity contribution is 5.94. The molecule has 6 aliphatic carbocycles. The summed E-state index contributed by atoms with van der Waals surface area (Å²) in [5.74, 6) is 4.21. The summed E-state index contributed by atoms with van der Waals surface area (Å²) in [6.07, 6.45) is 7.15. The molecule has 1 nitrogen and oxygen atoms in total. The van der Waals surface area contributed by atoms with Gasteiger partial charge in [0, 0.05) is 17.1 Å². The van der Waals surface area contributed by atoms with Crippen molar-refractivity contribution < 1.29 is 0 Å². The topological polar surface area (TPSA) is 3.24 Å². The van der Waals surface area contributed by atoms with E-state index in [1.54, 1.807) is 5.56 Å². The number of hydrogen-bond donors (Lipinski definition) is 0. The Labute approximate surface area is 440 Å². The molecule has 0 saturated heterocycles. The monoisotopic (exact) mass is 959 g/mol. The third kappa shape index (κ3) is 6.31. The van der Waals surface area contributed by atoms with Crippen molar-refractivity contribution in [3.05, 3.63) is 305 Å². The molecule has 75 heavy (non-hydrogen) atoms. The van der Waals surface area contributed by atoms with E-state index < -0.39 is 10.8 Å². The highest BCUT2D eigenvalue weighted by Gasteiger charge is 2.50. The molecule has 0 heterocycles. The Morgan fingerprint density at radius 2 is 0.680 bits per heavy atom. The van der Waals surface area contributed by atoms with Gasteiger partial charge in [0.15, 0.2) is 0 Å². The Morgan fingerprint density at radius 3 is 1.16 bits per heavy atom. The zero-order valence-electron chi connectivity index (χ0n) is 42.1. The van der Waals surface area contributed by atoms with Gasteiger partial charge in [0.05, 0.1) is 10.8 Å². The van der Waals surface area contributed by atoms with Gasteiger partial charge in [-0.25, -0.2) is 0 Å². The van der Waals surface area contributed by atoms with Crippen molar-refractivity contribution in [1.29, 1.82) is 0 Å². The van der Waals surface area contributed by atoms with E-state index >= 15 is 0 Å². The van der Waals surface area contributed by atoms with Gasteiger partial charge in [0.25, 0.3) is 0 Å². The lowest BCUT2D eigenvalue weighted by Gasteiger charge is -2.54. The second-order valence-corrected chi connectivity index (χ2v) is 22.8. The van der Waals surface area contributed by atoms with Crippen LogP contribution < -0.4 is 4.90 Å². The summed E-state index contributed by atoms with van der Waals surface area (Å²) in [6, 6.07) is 97.7. The average molecular weight is 960 g/mol. The summed E-state index contributed by atoms with van der Waals surface area (Å²) in [4.78, 5) is 2.58. The molecule has 0 N–H and O–H groups in total. The van der Waals surface area contributed by atoms with Crippen molar-refractivity contribution >= 4 is 38.6 Å². The standard InChI is InChI=1S/C74H57N/c1-3-19-57(20-4-1)73(59-31-27-50-15-7-9-17-53(50)44-59)68-25-13-11-23-64(68)66-37-35-62(46-70(66)73)75(61-33-29-52(30-34-61)72-55-40-48-39-49(42-55)43-56(72)41-48)63-36-38-67-65-24-12-14-26-69(65)74(71(67)47-63,58-21-5-2-6-22-58)60-32-28-51-16-8-10-18-54(51)45-60/h1-38,44-49,55-56,72H,39-43H2. The molecule has 6 aliphatic rings. The van der Waals surface area contributed by atoms with Gasteiger partial charge in [-0.2, -0.15) is 0 Å². The van der Waals surface area contributed by atoms with Crippen LogP contribution in [0.3, 0.4) is 0 Å². The van der Waals surface area contributed by atoms with E-state index in [0.29, 0.717) is 5.92 Å². The number of fused-ring (bicyclic) bond motifs is 8. The molecular weight excluding hydrogens is 903 g/mol. The highest BCUT2D eigenvalue weighted by atomic mass is 15.1. The quantitative estimate of drug-likeness (QED) is 0.147. The second-order valence-electron chi connectivity index (χ2n) is 22.8. The molecule has 0 radical (unpaired) electrons. The van der Waals surface area contributed by atoms with Gasteiger partial charge in [0.2, 0.25) is 0 Å². The molecule has 358 valence electrons. The van der Waals surface area contributed by atoms with Gasteiger partial charge in [-0.1, -0.05) is 206 Å². The Balaban J connectivity index is 0.941.